The van der Waals surface area contributed by atoms with Crippen LogP contribution in [0.3, 0.4) is 0 Å². The Bertz CT molecular complexity index is 633. The van der Waals surface area contributed by atoms with Crippen molar-refractivity contribution in [3.8, 4) is 5.75 Å². The minimum atomic E-state index is -0.157. The molecule has 0 aliphatic heterocycles. The van der Waals surface area contributed by atoms with Gasteiger partial charge < -0.3 is 10.4 Å². The number of para-hydroxylation sites is 1. The topological polar surface area (TPSA) is 49.3 Å². The number of carbonyl (C=O) groups excluding carboxylic acids is 1. The number of carbonyl (C=O) groups is 1. The van der Waals surface area contributed by atoms with E-state index in [1.165, 1.54) is 6.07 Å². The third kappa shape index (κ3) is 2.99. The van der Waals surface area contributed by atoms with E-state index in [1.54, 1.807) is 12.1 Å². The minimum absolute atomic E-state index is 0.157. The highest BCUT2D eigenvalue weighted by Gasteiger charge is 2.12. The van der Waals surface area contributed by atoms with Crippen LogP contribution in [-0.4, -0.2) is 11.0 Å². The van der Waals surface area contributed by atoms with Gasteiger partial charge in [0, 0.05) is 11.3 Å². The summed E-state index contributed by atoms with van der Waals surface area (Å²) in [4.78, 5) is 12.3. The number of nitrogens with one attached hydrogen (secondary N) is 1. The van der Waals surface area contributed by atoms with E-state index in [9.17, 15) is 9.90 Å². The molecule has 0 fully saturated rings. The molecule has 0 radical (unpaired) electrons. The maximum atomic E-state index is 12.3. The van der Waals surface area contributed by atoms with Gasteiger partial charge in [-0.1, -0.05) is 32.0 Å². The number of rotatable bonds is 3. The molecule has 0 aliphatic carbocycles. The molecule has 0 unspecified atom stereocenters. The van der Waals surface area contributed by atoms with E-state index in [0.717, 1.165) is 16.8 Å². The number of phenols is 1. The molecule has 0 spiro atoms. The zero-order valence-electron chi connectivity index (χ0n) is 12.0. The van der Waals surface area contributed by atoms with E-state index < -0.39 is 0 Å². The largest absolute Gasteiger partial charge is 0.508 e. The van der Waals surface area contributed by atoms with Crippen molar-refractivity contribution >= 4 is 11.6 Å². The summed E-state index contributed by atoms with van der Waals surface area (Å²) >= 11 is 0. The molecule has 0 heterocycles. The average Bonchev–Trinajstić information content (AvgIpc) is 2.38. The van der Waals surface area contributed by atoms with Gasteiger partial charge in [0.25, 0.3) is 5.91 Å². The molecule has 1 amide bonds. The van der Waals surface area contributed by atoms with Crippen LogP contribution in [-0.2, 0) is 0 Å². The maximum absolute atomic E-state index is 12.3. The fraction of sp³-hybridized carbons (Fsp3) is 0.235. The van der Waals surface area contributed by atoms with Crippen LogP contribution in [0.2, 0.25) is 0 Å². The third-order valence-electron chi connectivity index (χ3n) is 3.29. The Labute approximate surface area is 119 Å². The molecule has 2 aromatic rings. The fourth-order valence-electron chi connectivity index (χ4n) is 2.21. The lowest BCUT2D eigenvalue weighted by molar-refractivity contribution is 0.102. The quantitative estimate of drug-likeness (QED) is 0.882. The van der Waals surface area contributed by atoms with Gasteiger partial charge in [-0.15, -0.1) is 0 Å². The Balaban J connectivity index is 2.28. The van der Waals surface area contributed by atoms with Crippen LogP contribution in [0.4, 0.5) is 5.69 Å². The summed E-state index contributed by atoms with van der Waals surface area (Å²) in [5.41, 5.74) is 3.27. The minimum Gasteiger partial charge on any atom is -0.508 e. The number of hydrogen-bond acceptors (Lipinski definition) is 2. The van der Waals surface area contributed by atoms with E-state index in [-0.39, 0.29) is 11.7 Å². The highest BCUT2D eigenvalue weighted by Crippen LogP contribution is 2.25. The average molecular weight is 269 g/mol. The van der Waals surface area contributed by atoms with Gasteiger partial charge in [-0.05, 0) is 48.2 Å². The lowest BCUT2D eigenvalue weighted by atomic mass is 10.0. The molecule has 104 valence electrons. The number of phenolic OH excluding ortho intramolecular Hbond substituents is 1. The summed E-state index contributed by atoms with van der Waals surface area (Å²) in [6.07, 6.45) is 0. The van der Waals surface area contributed by atoms with Crippen molar-refractivity contribution < 1.29 is 9.90 Å². The molecule has 2 N–H and O–H groups in total. The molecule has 20 heavy (non-hydrogen) atoms. The van der Waals surface area contributed by atoms with Crippen molar-refractivity contribution in [3.05, 3.63) is 59.2 Å². The van der Waals surface area contributed by atoms with Crippen molar-refractivity contribution in [2.45, 2.75) is 26.7 Å². The Hall–Kier alpha value is -2.29. The Morgan fingerprint density at radius 1 is 1.15 bits per heavy atom. The molecule has 2 aromatic carbocycles. The van der Waals surface area contributed by atoms with E-state index in [2.05, 4.69) is 19.2 Å². The smallest absolute Gasteiger partial charge is 0.255 e. The molecule has 3 nitrogen and oxygen atoms in total. The van der Waals surface area contributed by atoms with Crippen molar-refractivity contribution in [1.82, 2.24) is 0 Å². The highest BCUT2D eigenvalue weighted by molar-refractivity contribution is 6.05. The molecule has 0 saturated heterocycles. The zero-order valence-corrected chi connectivity index (χ0v) is 12.0. The third-order valence-corrected chi connectivity index (χ3v) is 3.29. The monoisotopic (exact) mass is 269 g/mol. The number of amides is 1. The first kappa shape index (κ1) is 14.1. The van der Waals surface area contributed by atoms with Crippen molar-refractivity contribution in [2.75, 3.05) is 5.32 Å². The maximum Gasteiger partial charge on any atom is 0.255 e. The number of benzene rings is 2. The Kier molecular flexibility index (Phi) is 4.08. The normalized spacial score (nSPS) is 10.6. The Morgan fingerprint density at radius 2 is 1.85 bits per heavy atom. The number of aryl methyl sites for hydroxylation is 1. The molecular formula is C17H19NO2. The predicted molar refractivity (Wildman–Crippen MR) is 81.3 cm³/mol. The molecule has 0 atom stereocenters. The predicted octanol–water partition coefficient (Wildman–Crippen LogP) is 4.08. The van der Waals surface area contributed by atoms with E-state index in [1.807, 2.05) is 31.2 Å². The highest BCUT2D eigenvalue weighted by atomic mass is 16.3. The van der Waals surface area contributed by atoms with Crippen LogP contribution >= 0.6 is 0 Å². The van der Waals surface area contributed by atoms with Gasteiger partial charge in [-0.2, -0.15) is 0 Å². The van der Waals surface area contributed by atoms with Crippen molar-refractivity contribution in [3.63, 3.8) is 0 Å². The first-order chi connectivity index (χ1) is 9.49. The summed E-state index contributed by atoms with van der Waals surface area (Å²) in [5.74, 6) is 0.352. The van der Waals surface area contributed by atoms with E-state index in [4.69, 9.17) is 0 Å². The summed E-state index contributed by atoms with van der Waals surface area (Å²) in [6.45, 7) is 6.00. The molecule has 0 bridgehead atoms. The zero-order chi connectivity index (χ0) is 14.7. The molecule has 3 heteroatoms. The molecule has 2 rings (SSSR count). The second-order valence-electron chi connectivity index (χ2n) is 5.20. The number of anilines is 1. The van der Waals surface area contributed by atoms with Crippen molar-refractivity contribution in [1.29, 1.82) is 0 Å². The van der Waals surface area contributed by atoms with Gasteiger partial charge in [0.15, 0.2) is 0 Å². The van der Waals surface area contributed by atoms with Crippen LogP contribution in [0.15, 0.2) is 42.5 Å². The summed E-state index contributed by atoms with van der Waals surface area (Å²) in [5, 5.41) is 12.3. The van der Waals surface area contributed by atoms with Crippen LogP contribution in [0, 0.1) is 6.92 Å². The summed E-state index contributed by atoms with van der Waals surface area (Å²) < 4.78 is 0. The summed E-state index contributed by atoms with van der Waals surface area (Å²) in [7, 11) is 0. The first-order valence-electron chi connectivity index (χ1n) is 6.69. The van der Waals surface area contributed by atoms with Gasteiger partial charge >= 0.3 is 0 Å². The number of hydrogen-bond donors (Lipinski definition) is 2. The lowest BCUT2D eigenvalue weighted by Crippen LogP contribution is -2.14. The Morgan fingerprint density at radius 3 is 2.50 bits per heavy atom. The molecule has 0 aliphatic rings. The van der Waals surface area contributed by atoms with Crippen LogP contribution in [0.25, 0.3) is 0 Å². The van der Waals surface area contributed by atoms with Gasteiger partial charge in [0.1, 0.15) is 5.75 Å². The van der Waals surface area contributed by atoms with Crippen LogP contribution < -0.4 is 5.32 Å². The number of aromatic hydroxyl groups is 1. The van der Waals surface area contributed by atoms with Gasteiger partial charge in [0.05, 0.1) is 0 Å². The van der Waals surface area contributed by atoms with Crippen LogP contribution in [0.1, 0.15) is 41.3 Å². The lowest BCUT2D eigenvalue weighted by Gasteiger charge is -2.14. The van der Waals surface area contributed by atoms with Crippen molar-refractivity contribution in [2.24, 2.45) is 0 Å². The molecule has 0 saturated carbocycles. The summed E-state index contributed by atoms with van der Waals surface area (Å²) in [6, 6.07) is 12.5. The van der Waals surface area contributed by atoms with E-state index in [0.29, 0.717) is 11.5 Å². The molecule has 0 aromatic heterocycles. The second-order valence-corrected chi connectivity index (χ2v) is 5.20. The standard InChI is InChI=1S/C17H19NO2/c1-11(2)14-6-4-5-7-16(14)18-17(20)15-9-8-13(19)10-12(15)3/h4-11,19H,1-3H3,(H,18,20). The van der Waals surface area contributed by atoms with Crippen LogP contribution in [0.5, 0.6) is 5.75 Å². The second kappa shape index (κ2) is 5.78. The SMILES string of the molecule is Cc1cc(O)ccc1C(=O)Nc1ccccc1C(C)C. The first-order valence-corrected chi connectivity index (χ1v) is 6.69. The van der Waals surface area contributed by atoms with Gasteiger partial charge in [-0.25, -0.2) is 0 Å². The van der Waals surface area contributed by atoms with E-state index >= 15 is 0 Å². The molecular weight excluding hydrogens is 250 g/mol. The van der Waals surface area contributed by atoms with Gasteiger partial charge in [0.2, 0.25) is 0 Å². The fourth-order valence-corrected chi connectivity index (χ4v) is 2.21. The van der Waals surface area contributed by atoms with Gasteiger partial charge in [-0.3, -0.25) is 4.79 Å².